The summed E-state index contributed by atoms with van der Waals surface area (Å²) >= 11 is 0. The number of hydrogen-bond acceptors (Lipinski definition) is 11. The predicted molar refractivity (Wildman–Crippen MR) is 141 cm³/mol. The number of ketones is 1. The fraction of sp³-hybridized carbons (Fsp3) is 0.458. The molecule has 0 radical (unpaired) electrons. The molecule has 216 valence electrons. The lowest BCUT2D eigenvalue weighted by Crippen LogP contribution is -2.40. The summed E-state index contributed by atoms with van der Waals surface area (Å²) < 4.78 is 13.2. The Morgan fingerprint density at radius 2 is 1.55 bits per heavy atom. The minimum atomic E-state index is -1.31. The monoisotopic (exact) mass is 544 g/mol. The average Bonchev–Trinajstić information content (AvgIpc) is 3.16. The van der Waals surface area contributed by atoms with Gasteiger partial charge in [0.25, 0.3) is 11.8 Å². The SMILES string of the molecule is C.C.C.C#COC=O.C#COO.CNC(=O)C(OC(C)=O)C(C)=O.CNC(=O)c1oc(C)nc1C.[C-]#[N+]C. The maximum atomic E-state index is 11.0. The zero-order chi connectivity index (χ0) is 28.4. The quantitative estimate of drug-likeness (QED) is 0.0937. The van der Waals surface area contributed by atoms with Crippen LogP contribution in [-0.2, 0) is 33.5 Å². The van der Waals surface area contributed by atoms with Gasteiger partial charge in [0.05, 0.1) is 5.69 Å². The number of aromatic nitrogens is 1. The van der Waals surface area contributed by atoms with Crippen molar-refractivity contribution in [3.63, 3.8) is 0 Å². The zero-order valence-corrected chi connectivity index (χ0v) is 20.3. The summed E-state index contributed by atoms with van der Waals surface area (Å²) in [4.78, 5) is 61.9. The Morgan fingerprint density at radius 1 is 1.11 bits per heavy atom. The van der Waals surface area contributed by atoms with Crippen molar-refractivity contribution in [1.29, 1.82) is 0 Å². The van der Waals surface area contributed by atoms with Crippen LogP contribution >= 0.6 is 0 Å². The molecule has 1 rings (SSSR count). The van der Waals surface area contributed by atoms with Crippen LogP contribution in [0.3, 0.4) is 0 Å². The minimum absolute atomic E-state index is 0. The van der Waals surface area contributed by atoms with Crippen LogP contribution in [0.25, 0.3) is 4.85 Å². The van der Waals surface area contributed by atoms with Crippen molar-refractivity contribution in [2.75, 3.05) is 21.1 Å². The van der Waals surface area contributed by atoms with Crippen LogP contribution in [0.4, 0.5) is 0 Å². The number of nitrogens with one attached hydrogen (secondary N) is 2. The van der Waals surface area contributed by atoms with Crippen molar-refractivity contribution in [2.24, 2.45) is 0 Å². The lowest BCUT2D eigenvalue weighted by atomic mass is 10.2. The minimum Gasteiger partial charge on any atom is -0.444 e. The van der Waals surface area contributed by atoms with Crippen molar-refractivity contribution in [3.8, 4) is 25.1 Å². The van der Waals surface area contributed by atoms with Crippen molar-refractivity contribution in [3.05, 3.63) is 28.8 Å². The third-order valence-electron chi connectivity index (χ3n) is 2.64. The number of carbonyl (C=O) groups is 5. The number of hydrogen-bond donors (Lipinski definition) is 3. The summed E-state index contributed by atoms with van der Waals surface area (Å²) in [6, 6.07) is 0. The van der Waals surface area contributed by atoms with Gasteiger partial charge in [0, 0.05) is 27.9 Å². The molecule has 1 atom stereocenters. The molecule has 0 aliphatic heterocycles. The molecule has 0 aromatic carbocycles. The Kier molecular flexibility index (Phi) is 45.2. The summed E-state index contributed by atoms with van der Waals surface area (Å²) in [7, 11) is 4.33. The lowest BCUT2D eigenvalue weighted by Gasteiger charge is -2.11. The number of Topliss-reactive ketones (excluding diaryl/α,β-unsaturated/α-hetero) is 1. The van der Waals surface area contributed by atoms with Gasteiger partial charge >= 0.3 is 12.4 Å². The van der Waals surface area contributed by atoms with Crippen LogP contribution in [0.2, 0.25) is 0 Å². The summed E-state index contributed by atoms with van der Waals surface area (Å²) in [5.74, 6) is -1.18. The first-order chi connectivity index (χ1) is 16.4. The largest absolute Gasteiger partial charge is 0.444 e. The molecule has 0 bridgehead atoms. The molecule has 0 spiro atoms. The number of likely N-dealkylation sites (N-methyl/N-ethyl adjacent to an activating group) is 1. The molecule has 0 aliphatic rings. The van der Waals surface area contributed by atoms with Crippen LogP contribution < -0.4 is 10.6 Å². The zero-order valence-electron chi connectivity index (χ0n) is 20.3. The molecule has 0 saturated carbocycles. The summed E-state index contributed by atoms with van der Waals surface area (Å²) in [6.45, 7) is 11.8. The van der Waals surface area contributed by atoms with E-state index in [1.54, 1.807) is 27.0 Å². The van der Waals surface area contributed by atoms with Gasteiger partial charge in [-0.25, -0.2) is 11.6 Å². The third-order valence-corrected chi connectivity index (χ3v) is 2.64. The molecule has 0 saturated heterocycles. The Balaban J connectivity index is -0.0000000680. The Labute approximate surface area is 225 Å². The third kappa shape index (κ3) is 31.1. The summed E-state index contributed by atoms with van der Waals surface area (Å²) in [6.07, 6.45) is 10.6. The highest BCUT2D eigenvalue weighted by Crippen LogP contribution is 2.08. The average molecular weight is 545 g/mol. The van der Waals surface area contributed by atoms with Crippen molar-refractivity contribution >= 4 is 30.0 Å². The molecule has 0 aliphatic carbocycles. The number of rotatable bonds is 5. The highest BCUT2D eigenvalue weighted by atomic mass is 17.1. The van der Waals surface area contributed by atoms with Crippen LogP contribution in [0.15, 0.2) is 4.42 Å². The van der Waals surface area contributed by atoms with E-state index in [0.29, 0.717) is 17.3 Å². The van der Waals surface area contributed by atoms with E-state index in [9.17, 15) is 19.2 Å². The van der Waals surface area contributed by atoms with Crippen LogP contribution in [0.5, 0.6) is 0 Å². The first-order valence-electron chi connectivity index (χ1n) is 9.00. The van der Waals surface area contributed by atoms with Crippen molar-refractivity contribution in [1.82, 2.24) is 15.6 Å². The molecule has 1 aromatic rings. The number of ether oxygens (including phenoxy) is 2. The van der Waals surface area contributed by atoms with Gasteiger partial charge in [-0.1, -0.05) is 35.1 Å². The summed E-state index contributed by atoms with van der Waals surface area (Å²) in [5.41, 5.74) is 0.627. The number of aryl methyl sites for hydroxylation is 2. The molecule has 2 amide bonds. The van der Waals surface area contributed by atoms with E-state index in [1.807, 2.05) is 0 Å². The van der Waals surface area contributed by atoms with E-state index < -0.39 is 23.8 Å². The van der Waals surface area contributed by atoms with Crippen LogP contribution in [0, 0.1) is 45.5 Å². The maximum Gasteiger partial charge on any atom is 0.307 e. The number of esters is 1. The first-order valence-corrected chi connectivity index (χ1v) is 9.00. The number of terminal acetylenes is 2. The molecular weight excluding hydrogens is 504 g/mol. The summed E-state index contributed by atoms with van der Waals surface area (Å²) in [5, 5.41) is 11.8. The van der Waals surface area contributed by atoms with E-state index in [1.165, 1.54) is 27.1 Å². The van der Waals surface area contributed by atoms with Crippen LogP contribution in [0.1, 0.15) is 58.3 Å². The van der Waals surface area contributed by atoms with Gasteiger partial charge in [-0.2, -0.15) is 5.26 Å². The standard InChI is InChI=1S/C7H10N2O2.C7H11NO4.C3H2O2.C2H3N.C2H2O2.3CH4/c1-4-6(7(10)8-3)11-5(2)9-4;1-4(9)6(7(11)8-3)12-5(2)10;1-2-5-3-4;1-3-2;1-2-4-3;;;/h1-3H3,(H,8,10);6H,1-3H3,(H,8,11);1,3H;1H3;1,3H;3*1H4. The van der Waals surface area contributed by atoms with E-state index in [-0.39, 0.29) is 34.7 Å². The van der Waals surface area contributed by atoms with Gasteiger partial charge < -0.3 is 29.4 Å². The van der Waals surface area contributed by atoms with Crippen molar-refractivity contribution in [2.45, 2.75) is 56.1 Å². The Morgan fingerprint density at radius 3 is 1.74 bits per heavy atom. The topological polar surface area (TPSA) is 188 Å². The molecule has 14 heteroatoms. The van der Waals surface area contributed by atoms with Gasteiger partial charge in [-0.05, 0) is 13.8 Å². The normalized spacial score (nSPS) is 7.71. The highest BCUT2D eigenvalue weighted by molar-refractivity contribution is 6.04. The van der Waals surface area contributed by atoms with Crippen molar-refractivity contribution < 1.29 is 48.0 Å². The number of amides is 2. The molecule has 1 aromatic heterocycles. The molecule has 38 heavy (non-hydrogen) atoms. The van der Waals surface area contributed by atoms with E-state index in [4.69, 9.17) is 21.0 Å². The van der Waals surface area contributed by atoms with E-state index in [2.05, 4.69) is 47.7 Å². The molecular formula is C24H40N4O10. The van der Waals surface area contributed by atoms with E-state index in [0.717, 1.165) is 6.92 Å². The molecule has 1 heterocycles. The number of carbonyl (C=O) groups excluding carboxylic acids is 5. The van der Waals surface area contributed by atoms with E-state index >= 15 is 0 Å². The predicted octanol–water partition coefficient (Wildman–Crippen LogP) is 2.16. The van der Waals surface area contributed by atoms with Gasteiger partial charge in [0.1, 0.15) is 6.11 Å². The molecule has 1 unspecified atom stereocenters. The molecule has 0 fully saturated rings. The molecule has 14 nitrogen and oxygen atoms in total. The molecule has 3 N–H and O–H groups in total. The Bertz CT molecular complexity index is 922. The van der Waals surface area contributed by atoms with Gasteiger partial charge in [0.15, 0.2) is 17.8 Å². The van der Waals surface area contributed by atoms with Gasteiger partial charge in [0.2, 0.25) is 18.9 Å². The second-order valence-corrected chi connectivity index (χ2v) is 5.21. The maximum absolute atomic E-state index is 11.0. The number of oxazole rings is 1. The van der Waals surface area contributed by atoms with Crippen LogP contribution in [-0.4, -0.2) is 67.5 Å². The van der Waals surface area contributed by atoms with Gasteiger partial charge in [-0.3, -0.25) is 28.9 Å². The second-order valence-electron chi connectivity index (χ2n) is 5.21. The fourth-order valence-electron chi connectivity index (χ4n) is 1.50. The Hall–Kier alpha value is -4.87. The first kappa shape index (κ1) is 50.1. The van der Waals surface area contributed by atoms with Gasteiger partial charge in [-0.15, -0.1) is 0 Å². The highest BCUT2D eigenvalue weighted by Gasteiger charge is 2.24. The number of nitrogens with zero attached hydrogens (tertiary/aromatic N) is 2. The lowest BCUT2D eigenvalue weighted by molar-refractivity contribution is -0.171. The fourth-order valence-corrected chi connectivity index (χ4v) is 1.50. The second kappa shape index (κ2) is 34.3. The smallest absolute Gasteiger partial charge is 0.307 e.